The molecule has 0 aliphatic heterocycles. The average molecular weight is 709 g/mol. The molecule has 4 aromatic rings. The number of Topliss-reactive ketones (excluding diaryl/α,β-unsaturated/α-hetero) is 2. The number of benzene rings is 3. The van der Waals surface area contributed by atoms with Gasteiger partial charge in [0.05, 0.1) is 30.8 Å². The molecular formula is C44H60N4O4. The lowest BCUT2D eigenvalue weighted by Gasteiger charge is -2.27. The first-order valence-corrected chi connectivity index (χ1v) is 19.1. The highest BCUT2D eigenvalue weighted by Gasteiger charge is 2.34. The highest BCUT2D eigenvalue weighted by molar-refractivity contribution is 5.94. The molecule has 1 amide bonds. The molecule has 1 fully saturated rings. The quantitative estimate of drug-likeness (QED) is 0.127. The normalized spacial score (nSPS) is 18.6. The largest absolute Gasteiger partial charge is 0.374 e. The zero-order valence-electron chi connectivity index (χ0n) is 32.3. The van der Waals surface area contributed by atoms with Crippen LogP contribution in [-0.4, -0.2) is 45.2 Å². The van der Waals surface area contributed by atoms with Crippen molar-refractivity contribution in [2.45, 2.75) is 117 Å². The molecule has 8 heteroatoms. The predicted molar refractivity (Wildman–Crippen MR) is 210 cm³/mol. The number of hydrogen-bond donors (Lipinski definition) is 2. The van der Waals surface area contributed by atoms with E-state index in [2.05, 4.69) is 24.1 Å². The molecule has 6 atom stereocenters. The summed E-state index contributed by atoms with van der Waals surface area (Å²) in [4.78, 5) is 44.0. The first-order chi connectivity index (χ1) is 24.8. The molecule has 1 aliphatic carbocycles. The predicted octanol–water partition coefficient (Wildman–Crippen LogP) is 8.58. The van der Waals surface area contributed by atoms with E-state index in [4.69, 9.17) is 10.5 Å². The van der Waals surface area contributed by atoms with Gasteiger partial charge in [0.1, 0.15) is 12.1 Å². The molecule has 52 heavy (non-hydrogen) atoms. The molecule has 0 spiro atoms. The van der Waals surface area contributed by atoms with Gasteiger partial charge in [-0.25, -0.2) is 4.98 Å². The van der Waals surface area contributed by atoms with E-state index in [0.717, 1.165) is 33.7 Å². The highest BCUT2D eigenvalue weighted by Crippen LogP contribution is 2.31. The van der Waals surface area contributed by atoms with E-state index in [1.54, 1.807) is 27.1 Å². The summed E-state index contributed by atoms with van der Waals surface area (Å²) < 4.78 is 7.68. The molecule has 1 heterocycles. The Morgan fingerprint density at radius 3 is 2.35 bits per heavy atom. The van der Waals surface area contributed by atoms with Crippen LogP contribution in [-0.2, 0) is 25.7 Å². The van der Waals surface area contributed by atoms with Crippen LogP contribution in [0.15, 0.2) is 85.3 Å². The number of nitrogens with one attached hydrogen (secondary N) is 1. The van der Waals surface area contributed by atoms with Gasteiger partial charge in [-0.3, -0.25) is 14.4 Å². The Kier molecular flexibility index (Phi) is 14.9. The van der Waals surface area contributed by atoms with Gasteiger partial charge in [-0.15, -0.1) is 0 Å². The summed E-state index contributed by atoms with van der Waals surface area (Å²) in [5.41, 5.74) is 7.39. The van der Waals surface area contributed by atoms with E-state index in [9.17, 15) is 14.4 Å². The van der Waals surface area contributed by atoms with E-state index in [1.807, 2.05) is 97.4 Å². The number of nitrogens with two attached hydrogens (primary N) is 1. The number of carbonyl (C=O) groups excluding carboxylic acids is 3. The summed E-state index contributed by atoms with van der Waals surface area (Å²) in [6.07, 6.45) is 12.3. The Bertz CT molecular complexity index is 1740. The molecule has 1 saturated carbocycles. The van der Waals surface area contributed by atoms with Crippen molar-refractivity contribution in [3.8, 4) is 0 Å². The fraction of sp³-hybridized carbons (Fsp3) is 0.500. The first kappa shape index (κ1) is 40.6. The number of hydrogen-bond acceptors (Lipinski definition) is 6. The van der Waals surface area contributed by atoms with Crippen molar-refractivity contribution in [1.82, 2.24) is 14.9 Å². The van der Waals surface area contributed by atoms with Crippen LogP contribution in [0.4, 0.5) is 0 Å². The van der Waals surface area contributed by atoms with Gasteiger partial charge in [-0.1, -0.05) is 139 Å². The molecule has 5 rings (SSSR count). The minimum atomic E-state index is -1.16. The Balaban J connectivity index is 0.000000521. The third-order valence-corrected chi connectivity index (χ3v) is 10.7. The minimum absolute atomic E-state index is 0.00847. The number of ether oxygens (including phenoxy) is 1. The van der Waals surface area contributed by atoms with E-state index in [0.29, 0.717) is 12.3 Å². The van der Waals surface area contributed by atoms with Gasteiger partial charge in [-0.2, -0.15) is 0 Å². The Labute approximate surface area is 310 Å². The van der Waals surface area contributed by atoms with Crippen LogP contribution in [0.5, 0.6) is 0 Å². The summed E-state index contributed by atoms with van der Waals surface area (Å²) in [5.74, 6) is 0.635. The SMILES string of the molecule is CC(=O)C(c1cccc2ccccc12)n1cnc(C(C)C(C)C(=O)[C@@H](COCc2ccccc2)NC(=O)C(C)(C)N)c1.CCC1CCCC(C)CC1. The van der Waals surface area contributed by atoms with Crippen molar-refractivity contribution in [3.05, 3.63) is 102 Å². The van der Waals surface area contributed by atoms with E-state index >= 15 is 0 Å². The second-order valence-corrected chi connectivity index (χ2v) is 15.4. The van der Waals surface area contributed by atoms with E-state index in [1.165, 1.54) is 38.5 Å². The lowest BCUT2D eigenvalue weighted by Crippen LogP contribution is -2.56. The zero-order valence-corrected chi connectivity index (χ0v) is 32.3. The molecule has 1 aliphatic rings. The number of rotatable bonds is 14. The van der Waals surface area contributed by atoms with Crippen molar-refractivity contribution >= 4 is 28.2 Å². The monoisotopic (exact) mass is 708 g/mol. The topological polar surface area (TPSA) is 116 Å². The van der Waals surface area contributed by atoms with E-state index in [-0.39, 0.29) is 24.1 Å². The lowest BCUT2D eigenvalue weighted by molar-refractivity contribution is -0.133. The fourth-order valence-corrected chi connectivity index (χ4v) is 7.01. The van der Waals surface area contributed by atoms with Crippen molar-refractivity contribution in [2.24, 2.45) is 23.5 Å². The number of fused-ring (bicyclic) bond motifs is 1. The van der Waals surface area contributed by atoms with Crippen LogP contribution < -0.4 is 11.1 Å². The molecule has 280 valence electrons. The average Bonchev–Trinajstić information content (AvgIpc) is 3.51. The van der Waals surface area contributed by atoms with Gasteiger partial charge < -0.3 is 20.4 Å². The second kappa shape index (κ2) is 19.1. The number of imidazole rings is 1. The summed E-state index contributed by atoms with van der Waals surface area (Å²) >= 11 is 0. The fourth-order valence-electron chi connectivity index (χ4n) is 7.01. The van der Waals surface area contributed by atoms with Gasteiger partial charge in [-0.05, 0) is 54.5 Å². The first-order valence-electron chi connectivity index (χ1n) is 19.1. The van der Waals surface area contributed by atoms with Crippen LogP contribution in [0.3, 0.4) is 0 Å². The Morgan fingerprint density at radius 2 is 1.65 bits per heavy atom. The van der Waals surface area contributed by atoms with Crippen molar-refractivity contribution in [3.63, 3.8) is 0 Å². The summed E-state index contributed by atoms with van der Waals surface area (Å²) in [5, 5.41) is 4.86. The van der Waals surface area contributed by atoms with E-state index < -0.39 is 29.4 Å². The van der Waals surface area contributed by atoms with Gasteiger partial charge in [0.15, 0.2) is 11.6 Å². The van der Waals surface area contributed by atoms with Crippen LogP contribution in [0.2, 0.25) is 0 Å². The molecule has 8 nitrogen and oxygen atoms in total. The van der Waals surface area contributed by atoms with Crippen molar-refractivity contribution in [1.29, 1.82) is 0 Å². The zero-order chi connectivity index (χ0) is 37.8. The lowest BCUT2D eigenvalue weighted by atomic mass is 9.86. The molecule has 5 unspecified atom stereocenters. The number of carbonyl (C=O) groups is 3. The van der Waals surface area contributed by atoms with Crippen LogP contribution in [0.25, 0.3) is 10.8 Å². The Hall–Kier alpha value is -4.14. The Morgan fingerprint density at radius 1 is 0.962 bits per heavy atom. The number of amides is 1. The maximum atomic E-state index is 13.8. The number of ketones is 2. The smallest absolute Gasteiger partial charge is 0.240 e. The molecule has 0 saturated heterocycles. The van der Waals surface area contributed by atoms with Crippen molar-refractivity contribution < 1.29 is 19.1 Å². The standard InChI is InChI=1S/C34H40N4O4.C10H20/c1-22(23(2)32(40)30(37-33(41)34(4,5)35)20-42-19-25-12-7-6-8-13-25)29-18-38(21-36-29)31(24(3)39)28-17-11-15-26-14-9-10-16-27(26)28;1-3-10-6-4-5-9(2)7-8-10/h6-18,21-23,30-31H,19-20,35H2,1-5H3,(H,37,41);9-10H,3-8H2,1-2H3/t22?,23?,30-,31?;/m1./s1. The van der Waals surface area contributed by atoms with Crippen LogP contribution in [0, 0.1) is 17.8 Å². The molecule has 3 N–H and O–H groups in total. The van der Waals surface area contributed by atoms with Gasteiger partial charge in [0.25, 0.3) is 0 Å². The summed E-state index contributed by atoms with van der Waals surface area (Å²) in [6.45, 7) is 13.6. The number of nitrogens with zero attached hydrogens (tertiary/aromatic N) is 2. The second-order valence-electron chi connectivity index (χ2n) is 15.4. The third kappa shape index (κ3) is 11.2. The van der Waals surface area contributed by atoms with Crippen LogP contribution >= 0.6 is 0 Å². The third-order valence-electron chi connectivity index (χ3n) is 10.7. The minimum Gasteiger partial charge on any atom is -0.374 e. The maximum Gasteiger partial charge on any atom is 0.240 e. The molecule has 0 bridgehead atoms. The highest BCUT2D eigenvalue weighted by atomic mass is 16.5. The summed E-state index contributed by atoms with van der Waals surface area (Å²) in [7, 11) is 0. The van der Waals surface area contributed by atoms with Crippen LogP contribution in [0.1, 0.15) is 116 Å². The molecule has 0 radical (unpaired) electrons. The summed E-state index contributed by atoms with van der Waals surface area (Å²) in [6, 6.07) is 22.1. The molecular weight excluding hydrogens is 649 g/mol. The molecule has 3 aromatic carbocycles. The van der Waals surface area contributed by atoms with Crippen molar-refractivity contribution in [2.75, 3.05) is 6.61 Å². The van der Waals surface area contributed by atoms with Gasteiger partial charge >= 0.3 is 0 Å². The number of aromatic nitrogens is 2. The molecule has 1 aromatic heterocycles. The van der Waals surface area contributed by atoms with Gasteiger partial charge in [0, 0.05) is 18.0 Å². The maximum absolute atomic E-state index is 13.8. The van der Waals surface area contributed by atoms with Gasteiger partial charge in [0.2, 0.25) is 5.91 Å².